The quantitative estimate of drug-likeness (QED) is 0.240. The molecule has 0 amide bonds. The van der Waals surface area contributed by atoms with Crippen LogP contribution in [0, 0.1) is 0 Å². The van der Waals surface area contributed by atoms with Gasteiger partial charge in [-0.2, -0.15) is 4.98 Å². The van der Waals surface area contributed by atoms with Crippen molar-refractivity contribution in [2.24, 2.45) is 0 Å². The Labute approximate surface area is 215 Å². The van der Waals surface area contributed by atoms with Crippen LogP contribution < -0.4 is 0 Å². The molecule has 9 heteroatoms. The van der Waals surface area contributed by atoms with Crippen LogP contribution in [0.1, 0.15) is 0 Å². The summed E-state index contributed by atoms with van der Waals surface area (Å²) in [7, 11) is 0. The third-order valence-corrected chi connectivity index (χ3v) is 8.86. The topological polar surface area (TPSA) is 73.5 Å². The molecule has 7 nitrogen and oxygen atoms in total. The zero-order valence-electron chi connectivity index (χ0n) is 19.0. The van der Waals surface area contributed by atoms with Crippen molar-refractivity contribution in [1.82, 2.24) is 28.9 Å². The Kier molecular flexibility index (Phi) is 3.70. The SMILES string of the molecule is c1ccc2c(c1)sc1nc3c(-c4noc(-c5cccc6c5nc5sc7ccccc7n56)n4)cccc3n12. The first kappa shape index (κ1) is 19.6. The van der Waals surface area contributed by atoms with E-state index < -0.39 is 0 Å². The normalized spacial score (nSPS) is 12.3. The van der Waals surface area contributed by atoms with E-state index in [9.17, 15) is 0 Å². The number of hydrogen-bond donors (Lipinski definition) is 0. The van der Waals surface area contributed by atoms with Gasteiger partial charge < -0.3 is 4.52 Å². The minimum atomic E-state index is 0.444. The molecule has 0 saturated carbocycles. The van der Waals surface area contributed by atoms with Gasteiger partial charge >= 0.3 is 0 Å². The van der Waals surface area contributed by atoms with E-state index in [1.54, 1.807) is 22.7 Å². The van der Waals surface area contributed by atoms with Crippen molar-refractivity contribution in [1.29, 1.82) is 0 Å². The fourth-order valence-corrected chi connectivity index (χ4v) is 7.27. The molecule has 0 N–H and O–H groups in total. The monoisotopic (exact) mass is 514 g/mol. The summed E-state index contributed by atoms with van der Waals surface area (Å²) in [5, 5.41) is 4.36. The molecule has 0 unspecified atom stereocenters. The molecule has 174 valence electrons. The highest BCUT2D eigenvalue weighted by Gasteiger charge is 2.21. The molecule has 5 heterocycles. The highest BCUT2D eigenvalue weighted by atomic mass is 32.1. The Balaban J connectivity index is 1.23. The zero-order valence-corrected chi connectivity index (χ0v) is 20.6. The van der Waals surface area contributed by atoms with Crippen LogP contribution in [0.25, 0.3) is 75.3 Å². The fraction of sp³-hybridized carbons (Fsp3) is 0. The predicted octanol–water partition coefficient (Wildman–Crippen LogP) is 7.43. The summed E-state index contributed by atoms with van der Waals surface area (Å²) < 4.78 is 12.6. The highest BCUT2D eigenvalue weighted by Crippen LogP contribution is 2.37. The van der Waals surface area contributed by atoms with Crippen LogP contribution in [0.5, 0.6) is 0 Å². The minimum Gasteiger partial charge on any atom is -0.334 e. The first-order chi connectivity index (χ1) is 18.3. The lowest BCUT2D eigenvalue weighted by atomic mass is 10.1. The van der Waals surface area contributed by atoms with E-state index >= 15 is 0 Å². The van der Waals surface area contributed by atoms with Gasteiger partial charge in [-0.3, -0.25) is 8.80 Å². The third kappa shape index (κ3) is 2.59. The second kappa shape index (κ2) is 7.00. The van der Waals surface area contributed by atoms with E-state index in [1.807, 2.05) is 24.3 Å². The molecule has 0 fully saturated rings. The van der Waals surface area contributed by atoms with Gasteiger partial charge in [0.2, 0.25) is 5.82 Å². The van der Waals surface area contributed by atoms with Gasteiger partial charge in [0.1, 0.15) is 11.0 Å². The van der Waals surface area contributed by atoms with Crippen molar-refractivity contribution < 1.29 is 4.52 Å². The average Bonchev–Trinajstić information content (AvgIpc) is 3.73. The summed E-state index contributed by atoms with van der Waals surface area (Å²) >= 11 is 3.35. The lowest BCUT2D eigenvalue weighted by Gasteiger charge is -1.99. The number of nitrogens with zero attached hydrogens (tertiary/aromatic N) is 6. The molecule has 0 bridgehead atoms. The number of thiazole rings is 2. The van der Waals surface area contributed by atoms with Gasteiger partial charge in [-0.05, 0) is 48.5 Å². The molecule has 4 aromatic carbocycles. The first-order valence-corrected chi connectivity index (χ1v) is 13.4. The Bertz CT molecular complexity index is 2170. The van der Waals surface area contributed by atoms with Crippen LogP contribution in [-0.4, -0.2) is 28.9 Å². The van der Waals surface area contributed by atoms with Crippen molar-refractivity contribution >= 4 is 75.1 Å². The van der Waals surface area contributed by atoms with Gasteiger partial charge in [0.15, 0.2) is 9.92 Å². The molecule has 0 saturated heterocycles. The van der Waals surface area contributed by atoms with E-state index in [0.717, 1.165) is 54.1 Å². The molecular formula is C28H14N6OS2. The maximum absolute atomic E-state index is 5.81. The third-order valence-electron chi connectivity index (χ3n) is 6.82. The van der Waals surface area contributed by atoms with Crippen LogP contribution >= 0.6 is 22.7 Å². The van der Waals surface area contributed by atoms with Crippen molar-refractivity contribution in [2.45, 2.75) is 0 Å². The Hall–Kier alpha value is -4.60. The van der Waals surface area contributed by atoms with Crippen molar-refractivity contribution in [3.63, 3.8) is 0 Å². The number of fused-ring (bicyclic) bond motifs is 10. The molecule has 0 atom stereocenters. The number of benzene rings is 4. The van der Waals surface area contributed by atoms with Gasteiger partial charge in [0.25, 0.3) is 5.89 Å². The van der Waals surface area contributed by atoms with E-state index in [1.165, 1.54) is 9.40 Å². The van der Waals surface area contributed by atoms with Crippen LogP contribution in [-0.2, 0) is 0 Å². The molecular weight excluding hydrogens is 500 g/mol. The lowest BCUT2D eigenvalue weighted by Crippen LogP contribution is -1.86. The maximum Gasteiger partial charge on any atom is 0.260 e. The van der Waals surface area contributed by atoms with Crippen molar-refractivity contribution in [3.8, 4) is 22.8 Å². The van der Waals surface area contributed by atoms with E-state index in [2.05, 4.69) is 74.6 Å². The summed E-state index contributed by atoms with van der Waals surface area (Å²) in [4.78, 5) is 16.6. The average molecular weight is 515 g/mol. The molecule has 0 aliphatic carbocycles. The summed E-state index contributed by atoms with van der Waals surface area (Å²) in [6.45, 7) is 0. The molecule has 0 spiro atoms. The molecule has 0 aliphatic heterocycles. The number of hydrogen-bond acceptors (Lipinski definition) is 7. The largest absolute Gasteiger partial charge is 0.334 e. The van der Waals surface area contributed by atoms with Crippen molar-refractivity contribution in [2.75, 3.05) is 0 Å². The smallest absolute Gasteiger partial charge is 0.260 e. The Morgan fingerprint density at radius 3 is 1.73 bits per heavy atom. The summed E-state index contributed by atoms with van der Waals surface area (Å²) in [5.74, 6) is 0.957. The molecule has 0 radical (unpaired) electrons. The molecule has 5 aromatic heterocycles. The minimum absolute atomic E-state index is 0.444. The molecule has 37 heavy (non-hydrogen) atoms. The van der Waals surface area contributed by atoms with Crippen LogP contribution in [0.2, 0.25) is 0 Å². The Morgan fingerprint density at radius 2 is 1.08 bits per heavy atom. The summed E-state index contributed by atoms with van der Waals surface area (Å²) in [5.41, 5.74) is 7.72. The van der Waals surface area contributed by atoms with Crippen LogP contribution in [0.4, 0.5) is 0 Å². The fourth-order valence-electron chi connectivity index (χ4n) is 5.21. The number of aromatic nitrogens is 6. The van der Waals surface area contributed by atoms with Gasteiger partial charge in [-0.15, -0.1) is 0 Å². The predicted molar refractivity (Wildman–Crippen MR) is 148 cm³/mol. The Morgan fingerprint density at radius 1 is 0.541 bits per heavy atom. The summed E-state index contributed by atoms with van der Waals surface area (Å²) in [6.07, 6.45) is 0. The molecule has 9 aromatic rings. The lowest BCUT2D eigenvalue weighted by molar-refractivity contribution is 0.432. The molecule has 9 rings (SSSR count). The maximum atomic E-state index is 5.81. The van der Waals surface area contributed by atoms with Gasteiger partial charge in [-0.25, -0.2) is 9.97 Å². The number of imidazole rings is 2. The van der Waals surface area contributed by atoms with Gasteiger partial charge in [0.05, 0.1) is 42.6 Å². The zero-order chi connectivity index (χ0) is 24.1. The number of rotatable bonds is 2. The van der Waals surface area contributed by atoms with Gasteiger partial charge in [-0.1, -0.05) is 64.2 Å². The standard InChI is InChI=1S/C28H14N6OS2/c1-3-13-21-17(9-1)33-19-11-5-7-15(23(19)29-27(33)36-21)25-31-26(35-32-25)16-8-6-12-20-24(16)30-28-34(20)18-10-2-4-14-22(18)37-28/h1-14H. The molecule has 0 aliphatic rings. The second-order valence-corrected chi connectivity index (χ2v) is 10.9. The highest BCUT2D eigenvalue weighted by molar-refractivity contribution is 7.24. The van der Waals surface area contributed by atoms with Crippen molar-refractivity contribution in [3.05, 3.63) is 84.9 Å². The summed E-state index contributed by atoms with van der Waals surface area (Å²) in [6, 6.07) is 28.9. The van der Waals surface area contributed by atoms with Crippen LogP contribution in [0.3, 0.4) is 0 Å². The van der Waals surface area contributed by atoms with Crippen LogP contribution in [0.15, 0.2) is 89.5 Å². The second-order valence-electron chi connectivity index (χ2n) is 8.87. The number of para-hydroxylation sites is 4. The van der Waals surface area contributed by atoms with E-state index in [-0.39, 0.29) is 0 Å². The van der Waals surface area contributed by atoms with Gasteiger partial charge in [0, 0.05) is 0 Å². The first-order valence-electron chi connectivity index (χ1n) is 11.8. The van der Waals surface area contributed by atoms with E-state index in [0.29, 0.717) is 11.7 Å². The van der Waals surface area contributed by atoms with E-state index in [4.69, 9.17) is 19.5 Å².